The summed E-state index contributed by atoms with van der Waals surface area (Å²) < 4.78 is 7.29. The molecule has 1 atom stereocenters. The van der Waals surface area contributed by atoms with Gasteiger partial charge in [-0.3, -0.25) is 9.48 Å². The van der Waals surface area contributed by atoms with E-state index in [1.54, 1.807) is 0 Å². The summed E-state index contributed by atoms with van der Waals surface area (Å²) in [4.78, 5) is 12.4. The van der Waals surface area contributed by atoms with E-state index in [2.05, 4.69) is 10.4 Å². The molecule has 1 N–H and O–H groups in total. The number of hydrogen-bond donors (Lipinski definition) is 1. The third-order valence-electron chi connectivity index (χ3n) is 3.56. The zero-order valence-electron chi connectivity index (χ0n) is 13.6. The van der Waals surface area contributed by atoms with E-state index >= 15 is 0 Å². The number of hydrogen-bond acceptors (Lipinski definition) is 3. The van der Waals surface area contributed by atoms with Crippen LogP contribution in [0.5, 0.6) is 0 Å². The molecule has 0 saturated heterocycles. The van der Waals surface area contributed by atoms with Crippen molar-refractivity contribution < 1.29 is 9.53 Å². The van der Waals surface area contributed by atoms with Crippen LogP contribution in [0.2, 0.25) is 0 Å². The first-order valence-electron chi connectivity index (χ1n) is 7.95. The first-order chi connectivity index (χ1) is 10.6. The number of amides is 1. The van der Waals surface area contributed by atoms with Gasteiger partial charge in [-0.25, -0.2) is 0 Å². The SMILES string of the molecule is CCC(C(=O)NCCCOC(C)C)n1ncc2ccccc21. The van der Waals surface area contributed by atoms with E-state index in [1.807, 2.05) is 55.9 Å². The molecule has 5 heteroatoms. The first kappa shape index (κ1) is 16.5. The second-order valence-corrected chi connectivity index (χ2v) is 5.64. The fourth-order valence-corrected chi connectivity index (χ4v) is 2.43. The van der Waals surface area contributed by atoms with E-state index in [4.69, 9.17) is 4.74 Å². The number of para-hydroxylation sites is 1. The minimum atomic E-state index is -0.272. The number of nitrogens with one attached hydrogen (secondary N) is 1. The lowest BCUT2D eigenvalue weighted by molar-refractivity contribution is -0.124. The monoisotopic (exact) mass is 303 g/mol. The molecule has 0 aliphatic heterocycles. The minimum absolute atomic E-state index is 0.0147. The van der Waals surface area contributed by atoms with Crippen LogP contribution in [0, 0.1) is 0 Å². The molecule has 0 fully saturated rings. The Kier molecular flexibility index (Phi) is 5.95. The van der Waals surface area contributed by atoms with Crippen LogP contribution >= 0.6 is 0 Å². The third kappa shape index (κ3) is 4.07. The Balaban J connectivity index is 1.95. The maximum atomic E-state index is 12.4. The van der Waals surface area contributed by atoms with Gasteiger partial charge in [0.2, 0.25) is 5.91 Å². The summed E-state index contributed by atoms with van der Waals surface area (Å²) in [6, 6.07) is 7.67. The Labute approximate surface area is 131 Å². The highest BCUT2D eigenvalue weighted by Crippen LogP contribution is 2.19. The van der Waals surface area contributed by atoms with Crippen LogP contribution in [0.15, 0.2) is 30.5 Å². The van der Waals surface area contributed by atoms with Crippen LogP contribution in [0.3, 0.4) is 0 Å². The molecule has 1 heterocycles. The fourth-order valence-electron chi connectivity index (χ4n) is 2.43. The lowest BCUT2D eigenvalue weighted by Gasteiger charge is -2.17. The van der Waals surface area contributed by atoms with Crippen molar-refractivity contribution in [2.75, 3.05) is 13.2 Å². The average Bonchev–Trinajstić information content (AvgIpc) is 2.91. The van der Waals surface area contributed by atoms with Crippen LogP contribution in [0.1, 0.15) is 39.7 Å². The summed E-state index contributed by atoms with van der Waals surface area (Å²) in [5.74, 6) is 0.0147. The molecule has 0 aliphatic carbocycles. The van der Waals surface area contributed by atoms with Crippen LogP contribution in [0.25, 0.3) is 10.9 Å². The highest BCUT2D eigenvalue weighted by Gasteiger charge is 2.20. The molecule has 2 aromatic rings. The van der Waals surface area contributed by atoms with Gasteiger partial charge in [-0.15, -0.1) is 0 Å². The van der Waals surface area contributed by atoms with E-state index in [0.717, 1.165) is 17.3 Å². The smallest absolute Gasteiger partial charge is 0.244 e. The summed E-state index contributed by atoms with van der Waals surface area (Å²) in [6.07, 6.45) is 3.57. The van der Waals surface area contributed by atoms with E-state index < -0.39 is 0 Å². The second kappa shape index (κ2) is 7.94. The normalized spacial score (nSPS) is 12.7. The number of aromatic nitrogens is 2. The standard InChI is InChI=1S/C17H25N3O2/c1-4-15(17(21)18-10-7-11-22-13(2)3)20-16-9-6-5-8-14(16)12-19-20/h5-6,8-9,12-13,15H,4,7,10-11H2,1-3H3,(H,18,21). The Morgan fingerprint density at radius 3 is 2.86 bits per heavy atom. The molecule has 0 spiro atoms. The van der Waals surface area contributed by atoms with E-state index in [0.29, 0.717) is 19.6 Å². The Morgan fingerprint density at radius 2 is 2.14 bits per heavy atom. The molecule has 0 bridgehead atoms. The largest absolute Gasteiger partial charge is 0.379 e. The van der Waals surface area contributed by atoms with Gasteiger partial charge in [0.05, 0.1) is 17.8 Å². The Hall–Kier alpha value is -1.88. The van der Waals surface area contributed by atoms with Gasteiger partial charge in [0.25, 0.3) is 0 Å². The van der Waals surface area contributed by atoms with Crippen molar-refractivity contribution in [3.8, 4) is 0 Å². The first-order valence-corrected chi connectivity index (χ1v) is 7.95. The zero-order valence-corrected chi connectivity index (χ0v) is 13.6. The molecule has 22 heavy (non-hydrogen) atoms. The van der Waals surface area contributed by atoms with Crippen molar-refractivity contribution in [2.45, 2.75) is 45.8 Å². The van der Waals surface area contributed by atoms with Crippen LogP contribution in [-0.2, 0) is 9.53 Å². The van der Waals surface area contributed by atoms with Gasteiger partial charge in [-0.1, -0.05) is 25.1 Å². The molecule has 1 aromatic carbocycles. The second-order valence-electron chi connectivity index (χ2n) is 5.64. The maximum absolute atomic E-state index is 12.4. The van der Waals surface area contributed by atoms with Crippen molar-refractivity contribution >= 4 is 16.8 Å². The summed E-state index contributed by atoms with van der Waals surface area (Å²) >= 11 is 0. The molecule has 1 unspecified atom stereocenters. The third-order valence-corrected chi connectivity index (χ3v) is 3.56. The lowest BCUT2D eigenvalue weighted by atomic mass is 10.2. The molecule has 120 valence electrons. The van der Waals surface area contributed by atoms with Crippen LogP contribution in [-0.4, -0.2) is 34.9 Å². The summed E-state index contributed by atoms with van der Waals surface area (Å²) in [7, 11) is 0. The molecule has 0 radical (unpaired) electrons. The number of rotatable bonds is 8. The minimum Gasteiger partial charge on any atom is -0.379 e. The average molecular weight is 303 g/mol. The summed E-state index contributed by atoms with van der Waals surface area (Å²) in [6.45, 7) is 7.31. The predicted octanol–water partition coefficient (Wildman–Crippen LogP) is 2.92. The molecule has 0 saturated carbocycles. The van der Waals surface area contributed by atoms with Gasteiger partial charge in [0, 0.05) is 18.5 Å². The highest BCUT2D eigenvalue weighted by molar-refractivity contribution is 5.84. The van der Waals surface area contributed by atoms with Gasteiger partial charge < -0.3 is 10.1 Å². The van der Waals surface area contributed by atoms with Crippen molar-refractivity contribution in [2.24, 2.45) is 0 Å². The molecule has 5 nitrogen and oxygen atoms in total. The van der Waals surface area contributed by atoms with E-state index in [1.165, 1.54) is 0 Å². The topological polar surface area (TPSA) is 56.1 Å². The van der Waals surface area contributed by atoms with Gasteiger partial charge in [-0.05, 0) is 32.8 Å². The number of carbonyl (C=O) groups is 1. The van der Waals surface area contributed by atoms with Crippen molar-refractivity contribution in [1.29, 1.82) is 0 Å². The zero-order chi connectivity index (χ0) is 15.9. The van der Waals surface area contributed by atoms with Gasteiger partial charge in [-0.2, -0.15) is 5.10 Å². The number of nitrogens with zero attached hydrogens (tertiary/aromatic N) is 2. The van der Waals surface area contributed by atoms with Crippen molar-refractivity contribution in [3.05, 3.63) is 30.5 Å². The summed E-state index contributed by atoms with van der Waals surface area (Å²) in [5, 5.41) is 8.42. The van der Waals surface area contributed by atoms with Gasteiger partial charge in [0.15, 0.2) is 0 Å². The molecule has 2 rings (SSSR count). The molecular weight excluding hydrogens is 278 g/mol. The number of carbonyl (C=O) groups excluding carboxylic acids is 1. The fraction of sp³-hybridized carbons (Fsp3) is 0.529. The van der Waals surface area contributed by atoms with Gasteiger partial charge >= 0.3 is 0 Å². The lowest BCUT2D eigenvalue weighted by Crippen LogP contribution is -2.33. The van der Waals surface area contributed by atoms with Crippen molar-refractivity contribution in [1.82, 2.24) is 15.1 Å². The molecule has 0 aliphatic rings. The van der Waals surface area contributed by atoms with Gasteiger partial charge in [0.1, 0.15) is 6.04 Å². The number of fused-ring (bicyclic) bond motifs is 1. The van der Waals surface area contributed by atoms with Crippen molar-refractivity contribution in [3.63, 3.8) is 0 Å². The quantitative estimate of drug-likeness (QED) is 0.763. The highest BCUT2D eigenvalue weighted by atomic mass is 16.5. The molecule has 1 aromatic heterocycles. The Bertz CT molecular complexity index is 607. The van der Waals surface area contributed by atoms with Crippen LogP contribution < -0.4 is 5.32 Å². The number of benzene rings is 1. The Morgan fingerprint density at radius 1 is 1.36 bits per heavy atom. The van der Waals surface area contributed by atoms with E-state index in [-0.39, 0.29) is 18.1 Å². The van der Waals surface area contributed by atoms with E-state index in [9.17, 15) is 4.79 Å². The van der Waals surface area contributed by atoms with Crippen LogP contribution in [0.4, 0.5) is 0 Å². The number of ether oxygens (including phenoxy) is 1. The maximum Gasteiger partial charge on any atom is 0.244 e. The predicted molar refractivity (Wildman–Crippen MR) is 87.8 cm³/mol. The summed E-state index contributed by atoms with van der Waals surface area (Å²) in [5.41, 5.74) is 0.993. The molecule has 1 amide bonds. The molecular formula is C17H25N3O2.